The molecule has 29 heteroatoms. The molecule has 4 aliphatic heterocycles. The van der Waals surface area contributed by atoms with E-state index >= 15 is 0 Å². The maximum atomic E-state index is 14.1. The summed E-state index contributed by atoms with van der Waals surface area (Å²) in [6.07, 6.45) is 1.11. The van der Waals surface area contributed by atoms with Gasteiger partial charge in [-0.2, -0.15) is 0 Å². The molecule has 0 atom stereocenters. The minimum atomic E-state index is -3.79. The van der Waals surface area contributed by atoms with Crippen molar-refractivity contribution in [3.05, 3.63) is 185 Å². The maximum absolute atomic E-state index is 14.1. The van der Waals surface area contributed by atoms with Crippen molar-refractivity contribution < 1.29 is 34.1 Å². The summed E-state index contributed by atoms with van der Waals surface area (Å²) in [5.74, 6) is 16.8. The van der Waals surface area contributed by atoms with Crippen LogP contribution in [-0.2, 0) is 54.6 Å². The molecule has 14 aromatic rings. The second kappa shape index (κ2) is 33.3. The van der Waals surface area contributed by atoms with Crippen LogP contribution in [0.25, 0.3) is 179 Å². The lowest BCUT2D eigenvalue weighted by Gasteiger charge is -2.37. The minimum absolute atomic E-state index is 0.0495. The van der Waals surface area contributed by atoms with Gasteiger partial charge in [-0.15, -0.1) is 0 Å². The third-order valence-electron chi connectivity index (χ3n) is 26.5. The summed E-state index contributed by atoms with van der Waals surface area (Å²) in [6.45, 7) is 47.6. The van der Waals surface area contributed by atoms with Gasteiger partial charge in [0.15, 0.2) is 92.7 Å². The first-order chi connectivity index (χ1) is 63.0. The van der Waals surface area contributed by atoms with Gasteiger partial charge in [0.05, 0.1) is 45.2 Å². The van der Waals surface area contributed by atoms with Crippen LogP contribution in [0.1, 0.15) is 172 Å². The smallest absolute Gasteiger partial charge is 0.192 e. The Labute approximate surface area is 783 Å². The van der Waals surface area contributed by atoms with Crippen LogP contribution in [0, 0.1) is 23.7 Å². The Hall–Kier alpha value is -12.5. The van der Waals surface area contributed by atoms with Crippen molar-refractivity contribution in [3.63, 3.8) is 0 Å². The molecule has 18 rings (SSSR count). The Morgan fingerprint density at radius 2 is 0.537 bits per heavy atom. The number of nitrogens with zero attached hydrogens (tertiary/aromatic N) is 12. The van der Waals surface area contributed by atoms with Gasteiger partial charge in [-0.05, 0) is 198 Å². The third kappa shape index (κ3) is 17.3. The largest absolute Gasteiger partial charge is 0.412 e. The molecule has 0 amide bonds. The van der Waals surface area contributed by atoms with Crippen LogP contribution in [0.15, 0.2) is 171 Å². The molecule has 134 heavy (non-hydrogen) atoms. The Kier molecular flexibility index (Phi) is 22.8. The molecule has 16 bridgehead atoms. The standard InChI is InChI=1S/C105H110N16O8S3Si2/c1-23-46-130(122,123)66-36-44-75-82(54-66)98-117-91(75)110-93-77-49-59(28-38-69(77)85(108-93)106-90-74-43-35-67(131(124,125)47-24-2)55-83(74)99(116-90)121-100-84-56-68(132(126,127)48-25-3)37-45-76(84)92(118-98)119-100)26-30-61(57-128-133(19,20)104(13,14)15)62(58-129-134(21,22)105(16,17)18)31-27-60-29-39-70-78(50-60)94-109-86(70)111-95-79-51-63(101(4,5)6)32-40-71(79)87(112-95)107-88-72-41-33-64(102(7,8)9)52-80(72)96(113-88)114-89-73-42-34-65(103(10,11)12)53-81(73)97(115-89)120-94/h28-29,32-45,49-56H,23-25,46-48,57-58H2,1-22H3,(H2,106,108,110,116,117,118,119,121)(H2,107,109,111,112,113,114,115,120)/b62-61+. The van der Waals surface area contributed by atoms with Crippen LogP contribution < -0.4 is 0 Å². The zero-order valence-electron chi connectivity index (χ0n) is 79.9. The fraction of sp³-hybridized carbons (Fsp3) is 0.333. The number of hydrogen-bond donors (Lipinski definition) is 4. The summed E-state index contributed by atoms with van der Waals surface area (Å²) in [7, 11) is -16.5. The van der Waals surface area contributed by atoms with Crippen molar-refractivity contribution in [2.75, 3.05) is 30.5 Å². The van der Waals surface area contributed by atoms with Crippen molar-refractivity contribution in [2.24, 2.45) is 0 Å². The number of nitrogens with one attached hydrogen (secondary N) is 4. The van der Waals surface area contributed by atoms with Gasteiger partial charge in [0.25, 0.3) is 0 Å². The number of hydrogen-bond acceptors (Lipinski definition) is 20. The van der Waals surface area contributed by atoms with Gasteiger partial charge in [0.2, 0.25) is 0 Å². The van der Waals surface area contributed by atoms with Gasteiger partial charge in [-0.25, -0.2) is 85.1 Å². The quantitative estimate of drug-likeness (QED) is 0.0547. The fourth-order valence-corrected chi connectivity index (χ4v) is 22.4. The van der Waals surface area contributed by atoms with Crippen molar-refractivity contribution >= 4 is 134 Å². The van der Waals surface area contributed by atoms with Gasteiger partial charge in [0.1, 0.15) is 45.2 Å². The number of aromatic amines is 4. The van der Waals surface area contributed by atoms with Crippen LogP contribution in [0.3, 0.4) is 0 Å². The lowest BCUT2D eigenvalue weighted by molar-refractivity contribution is 0.308. The monoisotopic (exact) mass is 1870 g/mol. The number of rotatable bonds is 15. The number of H-pyrrole nitrogens is 4. The number of sulfone groups is 3. The predicted octanol–water partition coefficient (Wildman–Crippen LogP) is 23.2. The Bertz CT molecular complexity index is 8300. The molecule has 0 unspecified atom stereocenters. The molecule has 24 nitrogen and oxygen atoms in total. The van der Waals surface area contributed by atoms with E-state index in [1.807, 2.05) is 36.4 Å². The Morgan fingerprint density at radius 3 is 0.851 bits per heavy atom. The molecule has 6 aromatic heterocycles. The predicted molar refractivity (Wildman–Crippen MR) is 542 cm³/mol. The highest BCUT2D eigenvalue weighted by Gasteiger charge is 2.40. The van der Waals surface area contributed by atoms with Crippen LogP contribution >= 0.6 is 0 Å². The summed E-state index contributed by atoms with van der Waals surface area (Å²) in [4.78, 5) is 78.3. The lowest BCUT2D eigenvalue weighted by Crippen LogP contribution is -2.42. The molecule has 0 aliphatic carbocycles. The average Bonchev–Trinajstić information content (AvgIpc) is 1.59. The van der Waals surface area contributed by atoms with E-state index in [0.29, 0.717) is 137 Å². The zero-order chi connectivity index (χ0) is 95.4. The summed E-state index contributed by atoms with van der Waals surface area (Å²) in [5, 5.41) is 4.83. The first-order valence-electron chi connectivity index (χ1n) is 45.6. The molecule has 4 N–H and O–H groups in total. The Morgan fingerprint density at radius 1 is 0.291 bits per heavy atom. The SMILES string of the molecule is CCCS(=O)(=O)c1ccc2c(c1)-c1nc-2nc2[nH]c(nc3nc(nc4[nH]c(n1)c1cc(S(=O)(=O)CCC)ccc41)-c1ccc(C#C/C(CO[Si](C)(C)C(C)(C)C)=C(/C#Cc4ccc5c(c4)-c4nc-5nc5[nH]c(nc6nc(nc7[nH]c(n4)c4cc(C(C)(C)C)ccc74)-c4cc(C(C)(C)C)ccc4-6)c4ccc(C(C)(C)C)cc54)CO[Si](C)(C)C(C)(C)C)cc1-3)c1ccc(S(=O)(=O)CCC)cc21. The van der Waals surface area contributed by atoms with Crippen molar-refractivity contribution in [1.29, 1.82) is 0 Å². The molecular formula is C105H110N16O8S3Si2. The number of aromatic nitrogens is 16. The molecule has 10 heterocycles. The van der Waals surface area contributed by atoms with E-state index in [1.54, 1.807) is 63.2 Å². The molecule has 4 aliphatic rings. The molecule has 8 aromatic carbocycles. The molecule has 0 spiro atoms. The highest BCUT2D eigenvalue weighted by atomic mass is 32.2. The first kappa shape index (κ1) is 92.0. The summed E-state index contributed by atoms with van der Waals surface area (Å²) in [6, 6.07) is 45.5. The summed E-state index contributed by atoms with van der Waals surface area (Å²) in [5.41, 5.74) is 13.5. The van der Waals surface area contributed by atoms with Crippen molar-refractivity contribution in [2.45, 2.75) is 211 Å². The van der Waals surface area contributed by atoms with E-state index in [0.717, 1.165) is 54.9 Å². The second-order valence-corrected chi connectivity index (χ2v) is 57.4. The van der Waals surface area contributed by atoms with Gasteiger partial charge in [0, 0.05) is 110 Å². The number of benzene rings is 8. The van der Waals surface area contributed by atoms with Crippen LogP contribution in [0.4, 0.5) is 0 Å². The van der Waals surface area contributed by atoms with Crippen LogP contribution in [0.2, 0.25) is 36.3 Å². The molecule has 0 fully saturated rings. The molecule has 0 radical (unpaired) electrons. The normalized spacial score (nSPS) is 13.5. The molecule has 0 saturated heterocycles. The van der Waals surface area contributed by atoms with Gasteiger partial charge >= 0.3 is 0 Å². The first-order valence-corrected chi connectivity index (χ1v) is 56.3. The van der Waals surface area contributed by atoms with Gasteiger partial charge in [-0.1, -0.05) is 185 Å². The van der Waals surface area contributed by atoms with Crippen LogP contribution in [0.5, 0.6) is 0 Å². The van der Waals surface area contributed by atoms with E-state index in [1.165, 1.54) is 12.1 Å². The van der Waals surface area contributed by atoms with E-state index in [4.69, 9.17) is 68.7 Å². The molecule has 684 valence electrons. The highest BCUT2D eigenvalue weighted by molar-refractivity contribution is 7.92. The van der Waals surface area contributed by atoms with E-state index in [-0.39, 0.29) is 117 Å². The lowest BCUT2D eigenvalue weighted by atomic mass is 9.85. The third-order valence-corrected chi connectivity index (χ3v) is 41.2. The zero-order valence-corrected chi connectivity index (χ0v) is 84.3. The summed E-state index contributed by atoms with van der Waals surface area (Å²) >= 11 is 0. The summed E-state index contributed by atoms with van der Waals surface area (Å²) < 4.78 is 98.4. The topological polar surface area (TPSA) is 339 Å². The minimum Gasteiger partial charge on any atom is -0.412 e. The van der Waals surface area contributed by atoms with Crippen molar-refractivity contribution in [1.82, 2.24) is 79.7 Å². The molecule has 0 saturated carbocycles. The van der Waals surface area contributed by atoms with E-state index in [2.05, 4.69) is 228 Å². The van der Waals surface area contributed by atoms with E-state index < -0.39 is 46.1 Å². The Balaban J connectivity index is 0.843. The average molecular weight is 1880 g/mol. The fourth-order valence-electron chi connectivity index (χ4n) is 16.5. The van der Waals surface area contributed by atoms with Gasteiger partial charge < -0.3 is 28.8 Å². The maximum Gasteiger partial charge on any atom is 0.192 e. The molecular weight excluding hydrogens is 1770 g/mol. The van der Waals surface area contributed by atoms with E-state index in [9.17, 15) is 25.3 Å². The van der Waals surface area contributed by atoms with Gasteiger partial charge in [-0.3, -0.25) is 0 Å². The second-order valence-electron chi connectivity index (χ2n) is 41.4. The number of fused-ring (bicyclic) bond motifs is 40. The van der Waals surface area contributed by atoms with Crippen LogP contribution in [-0.4, -0.2) is 152 Å². The van der Waals surface area contributed by atoms with Crippen molar-refractivity contribution in [3.8, 4) is 115 Å². The highest BCUT2D eigenvalue weighted by Crippen LogP contribution is 2.46.